The van der Waals surface area contributed by atoms with Gasteiger partial charge < -0.3 is 24.7 Å². The highest BCUT2D eigenvalue weighted by Crippen LogP contribution is 2.37. The first-order valence-electron chi connectivity index (χ1n) is 14.3. The van der Waals surface area contributed by atoms with Crippen molar-refractivity contribution in [1.29, 1.82) is 0 Å². The van der Waals surface area contributed by atoms with E-state index in [-0.39, 0.29) is 29.7 Å². The van der Waals surface area contributed by atoms with Crippen LogP contribution >= 0.6 is 11.3 Å². The Hall–Kier alpha value is -3.80. The zero-order chi connectivity index (χ0) is 29.2. The maximum Gasteiger partial charge on any atom is 0.293 e. The van der Waals surface area contributed by atoms with Crippen LogP contribution in [-0.4, -0.2) is 71.5 Å². The molecule has 3 unspecified atom stereocenters. The summed E-state index contributed by atoms with van der Waals surface area (Å²) in [6.07, 6.45) is 4.53. The van der Waals surface area contributed by atoms with Gasteiger partial charge in [0.1, 0.15) is 11.7 Å². The molecule has 42 heavy (non-hydrogen) atoms. The highest BCUT2D eigenvalue weighted by molar-refractivity contribution is 7.08. The van der Waals surface area contributed by atoms with E-state index in [0.717, 1.165) is 31.4 Å². The van der Waals surface area contributed by atoms with Crippen LogP contribution in [0.1, 0.15) is 29.6 Å². The van der Waals surface area contributed by atoms with E-state index in [1.54, 1.807) is 36.3 Å². The molecule has 2 fully saturated rings. The number of nitrogens with one attached hydrogen (secondary N) is 2. The maximum absolute atomic E-state index is 13.4. The van der Waals surface area contributed by atoms with Crippen LogP contribution in [0.3, 0.4) is 0 Å². The molecule has 1 aliphatic heterocycles. The van der Waals surface area contributed by atoms with Crippen LogP contribution in [0.5, 0.6) is 5.75 Å². The number of carbonyl (C=O) groups excluding carboxylic acids is 1. The normalized spacial score (nSPS) is 20.9. The van der Waals surface area contributed by atoms with Crippen molar-refractivity contribution in [2.24, 2.45) is 18.9 Å². The second kappa shape index (κ2) is 12.2. The number of carbonyl (C=O) groups is 1. The lowest BCUT2D eigenvalue weighted by Gasteiger charge is -2.43. The average molecular weight is 589 g/mol. The second-order valence-electron chi connectivity index (χ2n) is 11.2. The number of nitrogens with zero attached hydrogens (tertiary/aromatic N) is 4. The first-order chi connectivity index (χ1) is 20.4. The molecule has 4 heterocycles. The van der Waals surface area contributed by atoms with Crippen LogP contribution in [0.25, 0.3) is 22.2 Å². The number of hydrogen-bond acceptors (Lipinski definition) is 9. The quantitative estimate of drug-likeness (QED) is 0.286. The summed E-state index contributed by atoms with van der Waals surface area (Å²) in [7, 11) is 5.44. The number of aryl methyl sites for hydroxylation is 1. The maximum atomic E-state index is 13.4. The first kappa shape index (κ1) is 28.3. The van der Waals surface area contributed by atoms with Crippen LogP contribution in [-0.2, 0) is 11.8 Å². The summed E-state index contributed by atoms with van der Waals surface area (Å²) < 4.78 is 13.7. The van der Waals surface area contributed by atoms with E-state index < -0.39 is 0 Å². The van der Waals surface area contributed by atoms with Crippen LogP contribution in [0.4, 0.5) is 5.95 Å². The Bertz CT molecular complexity index is 1610. The van der Waals surface area contributed by atoms with Gasteiger partial charge in [-0.2, -0.15) is 11.3 Å². The van der Waals surface area contributed by atoms with Gasteiger partial charge in [-0.25, -0.2) is 9.97 Å². The van der Waals surface area contributed by atoms with Crippen molar-refractivity contribution in [2.45, 2.75) is 31.5 Å². The number of fused-ring (bicyclic) bond motifs is 1. The number of benzene rings is 1. The third kappa shape index (κ3) is 5.77. The van der Waals surface area contributed by atoms with Gasteiger partial charge in [0.2, 0.25) is 5.95 Å². The molecule has 1 aromatic carbocycles. The van der Waals surface area contributed by atoms with E-state index in [9.17, 15) is 9.59 Å². The van der Waals surface area contributed by atoms with Crippen molar-refractivity contribution < 1.29 is 14.3 Å². The minimum Gasteiger partial charge on any atom is -0.487 e. The third-order valence-electron chi connectivity index (χ3n) is 8.26. The molecule has 0 spiro atoms. The summed E-state index contributed by atoms with van der Waals surface area (Å²) in [6, 6.07) is 11.0. The summed E-state index contributed by atoms with van der Waals surface area (Å²) >= 11 is 1.56. The number of likely N-dealkylation sites (tertiary alicyclic amines) is 1. The lowest BCUT2D eigenvalue weighted by atomic mass is 9.90. The average Bonchev–Trinajstić information content (AvgIpc) is 3.69. The zero-order valence-electron chi connectivity index (χ0n) is 24.1. The fourth-order valence-corrected chi connectivity index (χ4v) is 6.28. The number of pyridine rings is 1. The summed E-state index contributed by atoms with van der Waals surface area (Å²) in [5.41, 5.74) is 3.29. The molecule has 2 aliphatic rings. The number of methoxy groups -OCH3 is 1. The van der Waals surface area contributed by atoms with Gasteiger partial charge >= 0.3 is 0 Å². The van der Waals surface area contributed by atoms with Crippen molar-refractivity contribution in [3.8, 4) is 16.9 Å². The first-order valence-corrected chi connectivity index (χ1v) is 15.3. The van der Waals surface area contributed by atoms with Gasteiger partial charge in [0.05, 0.1) is 29.9 Å². The number of piperidine rings is 1. The van der Waals surface area contributed by atoms with E-state index in [0.29, 0.717) is 52.9 Å². The van der Waals surface area contributed by atoms with Gasteiger partial charge in [-0.15, -0.1) is 0 Å². The van der Waals surface area contributed by atoms with E-state index in [2.05, 4.69) is 20.5 Å². The van der Waals surface area contributed by atoms with Gasteiger partial charge in [-0.05, 0) is 66.8 Å². The van der Waals surface area contributed by atoms with Crippen molar-refractivity contribution in [3.63, 3.8) is 0 Å². The molecule has 0 radical (unpaired) electrons. The monoisotopic (exact) mass is 588 g/mol. The minimum atomic E-state index is -0.259. The van der Waals surface area contributed by atoms with E-state index in [4.69, 9.17) is 14.5 Å². The van der Waals surface area contributed by atoms with E-state index in [1.807, 2.05) is 54.2 Å². The predicted octanol–water partition coefficient (Wildman–Crippen LogP) is 3.98. The Balaban J connectivity index is 1.34. The number of anilines is 1. The number of ether oxygens (including phenoxy) is 2. The lowest BCUT2D eigenvalue weighted by Crippen LogP contribution is -2.57. The molecule has 10 nitrogen and oxygen atoms in total. The summed E-state index contributed by atoms with van der Waals surface area (Å²) in [5.74, 6) is 1.20. The van der Waals surface area contributed by atoms with Gasteiger partial charge in [-0.3, -0.25) is 14.5 Å². The highest BCUT2D eigenvalue weighted by atomic mass is 32.1. The number of rotatable bonds is 10. The van der Waals surface area contributed by atoms with Gasteiger partial charge in [0.25, 0.3) is 11.5 Å². The number of amides is 1. The van der Waals surface area contributed by atoms with Gasteiger partial charge in [0.15, 0.2) is 5.75 Å². The lowest BCUT2D eigenvalue weighted by molar-refractivity contribution is -0.0659. The molecule has 0 bridgehead atoms. The molecule has 1 aliphatic carbocycles. The van der Waals surface area contributed by atoms with Crippen molar-refractivity contribution in [2.75, 3.05) is 39.2 Å². The molecule has 1 saturated heterocycles. The Morgan fingerprint density at radius 2 is 1.95 bits per heavy atom. The molecule has 1 amide bonds. The molecular weight excluding hydrogens is 552 g/mol. The Kier molecular flexibility index (Phi) is 8.23. The Labute approximate surface area is 248 Å². The van der Waals surface area contributed by atoms with Gasteiger partial charge in [-0.1, -0.05) is 18.2 Å². The highest BCUT2D eigenvalue weighted by Gasteiger charge is 2.37. The summed E-state index contributed by atoms with van der Waals surface area (Å²) in [4.78, 5) is 38.0. The molecule has 3 atom stereocenters. The number of thiophene rings is 1. The molecule has 6 rings (SSSR count). The molecular formula is C31H36N6O4S. The van der Waals surface area contributed by atoms with Crippen molar-refractivity contribution in [1.82, 2.24) is 24.8 Å². The topological polar surface area (TPSA) is 111 Å². The number of likely N-dealkylation sites (N-methyl/N-ethyl adjacent to an activating group) is 1. The van der Waals surface area contributed by atoms with E-state index >= 15 is 0 Å². The minimum absolute atomic E-state index is 0.0621. The number of hydrogen-bond donors (Lipinski definition) is 2. The largest absolute Gasteiger partial charge is 0.487 e. The Morgan fingerprint density at radius 3 is 2.67 bits per heavy atom. The molecule has 2 N–H and O–H groups in total. The molecule has 3 aromatic heterocycles. The summed E-state index contributed by atoms with van der Waals surface area (Å²) in [5, 5.41) is 10.6. The Morgan fingerprint density at radius 1 is 1.14 bits per heavy atom. The molecule has 4 aromatic rings. The molecule has 11 heteroatoms. The third-order valence-corrected chi connectivity index (χ3v) is 8.95. The van der Waals surface area contributed by atoms with Crippen LogP contribution in [0.15, 0.2) is 58.1 Å². The van der Waals surface area contributed by atoms with Crippen LogP contribution < -0.4 is 20.9 Å². The summed E-state index contributed by atoms with van der Waals surface area (Å²) in [6.45, 7) is 1.82. The predicted molar refractivity (Wildman–Crippen MR) is 164 cm³/mol. The smallest absolute Gasteiger partial charge is 0.293 e. The number of aromatic nitrogens is 3. The fourth-order valence-electron chi connectivity index (χ4n) is 5.64. The second-order valence-corrected chi connectivity index (χ2v) is 11.9. The standard InChI is InChI=1S/C31H36N6O4S/c1-36-13-11-21(15-32-28(38)20-7-5-4-6-8-20)25(30(36)40-3)34-31-33-16-23-26(35-31)24(22-12-14-42-18-22)27(29(39)37(23)2)41-17-19-9-10-19/h4-8,12,14,16,18-19,21,25,30H,9-11,13,15,17H2,1-3H3,(H,32,38)(H,33,34,35). The van der Waals surface area contributed by atoms with Crippen LogP contribution in [0, 0.1) is 11.8 Å². The molecule has 220 valence electrons. The SMILES string of the molecule is COC1C(Nc2ncc3c(n2)c(-c2ccsc2)c(OCC2CC2)c(=O)n3C)C(CNC(=O)c2ccccc2)CCN1C. The zero-order valence-corrected chi connectivity index (χ0v) is 24.9. The van der Waals surface area contributed by atoms with Crippen molar-refractivity contribution in [3.05, 3.63) is 69.3 Å². The van der Waals surface area contributed by atoms with E-state index in [1.165, 1.54) is 0 Å². The molecule has 1 saturated carbocycles. The van der Waals surface area contributed by atoms with Gasteiger partial charge in [0, 0.05) is 38.7 Å². The van der Waals surface area contributed by atoms with Crippen LogP contribution in [0.2, 0.25) is 0 Å². The fraction of sp³-hybridized carbons (Fsp3) is 0.419. The van der Waals surface area contributed by atoms with Crippen molar-refractivity contribution >= 4 is 34.2 Å².